The van der Waals surface area contributed by atoms with E-state index in [1.165, 1.54) is 26.2 Å². The number of benzene rings is 1. The number of thioether (sulfide) groups is 1. The molecule has 0 saturated heterocycles. The van der Waals surface area contributed by atoms with E-state index in [9.17, 15) is 13.2 Å². The van der Waals surface area contributed by atoms with Gasteiger partial charge in [-0.3, -0.25) is 4.79 Å². The Labute approximate surface area is 137 Å². The number of carbonyl (C=O) groups excluding carboxylic acids is 1. The predicted octanol–water partition coefficient (Wildman–Crippen LogP) is 2.65. The largest absolute Gasteiger partial charge is 0.325 e. The molecule has 0 aromatic heterocycles. The third kappa shape index (κ3) is 4.72. The van der Waals surface area contributed by atoms with Crippen LogP contribution in [0.2, 0.25) is 0 Å². The molecule has 1 rings (SSSR count). The van der Waals surface area contributed by atoms with Crippen molar-refractivity contribution in [3.63, 3.8) is 0 Å². The van der Waals surface area contributed by atoms with Gasteiger partial charge in [0.15, 0.2) is 0 Å². The number of rotatable bonds is 7. The Morgan fingerprint density at radius 3 is 2.18 bits per heavy atom. The van der Waals surface area contributed by atoms with E-state index >= 15 is 0 Å². The van der Waals surface area contributed by atoms with Crippen LogP contribution in [0.25, 0.3) is 0 Å². The summed E-state index contributed by atoms with van der Waals surface area (Å²) in [6, 6.07) is 6.23. The van der Waals surface area contributed by atoms with E-state index in [-0.39, 0.29) is 22.0 Å². The Hall–Kier alpha value is -1.05. The van der Waals surface area contributed by atoms with Gasteiger partial charge in [-0.15, -0.1) is 11.8 Å². The van der Waals surface area contributed by atoms with Gasteiger partial charge in [0.2, 0.25) is 15.9 Å². The maximum absolute atomic E-state index is 12.3. The van der Waals surface area contributed by atoms with Crippen LogP contribution in [0.1, 0.15) is 20.8 Å². The first-order valence-corrected chi connectivity index (χ1v) is 9.64. The van der Waals surface area contributed by atoms with Crippen molar-refractivity contribution >= 4 is 33.4 Å². The van der Waals surface area contributed by atoms with E-state index < -0.39 is 10.0 Å². The molecule has 1 aromatic carbocycles. The fourth-order valence-electron chi connectivity index (χ4n) is 1.88. The second-order valence-corrected chi connectivity index (χ2v) is 8.99. The van der Waals surface area contributed by atoms with Crippen molar-refractivity contribution in [2.45, 2.75) is 30.9 Å². The molecule has 1 amide bonds. The number of amides is 1. The molecule has 0 aliphatic carbocycles. The molecule has 5 nitrogen and oxygen atoms in total. The molecule has 0 radical (unpaired) electrons. The van der Waals surface area contributed by atoms with Gasteiger partial charge in [0, 0.05) is 19.8 Å². The molecule has 7 heteroatoms. The number of sulfonamides is 1. The summed E-state index contributed by atoms with van der Waals surface area (Å²) in [5, 5.41) is 2.73. The molecule has 124 valence electrons. The van der Waals surface area contributed by atoms with Gasteiger partial charge in [0.05, 0.1) is 10.1 Å². The summed E-state index contributed by atoms with van der Waals surface area (Å²) in [7, 11) is -0.471. The summed E-state index contributed by atoms with van der Waals surface area (Å²) >= 11 is 1.61. The van der Waals surface area contributed by atoms with E-state index in [4.69, 9.17) is 0 Å². The lowest BCUT2D eigenvalue weighted by molar-refractivity contribution is -0.116. The van der Waals surface area contributed by atoms with Crippen LogP contribution < -0.4 is 5.32 Å². The Morgan fingerprint density at radius 2 is 1.77 bits per heavy atom. The first-order valence-electron chi connectivity index (χ1n) is 7.15. The summed E-state index contributed by atoms with van der Waals surface area (Å²) in [5.74, 6) is 1.06. The Balaban J connectivity index is 2.86. The van der Waals surface area contributed by atoms with Crippen molar-refractivity contribution < 1.29 is 13.2 Å². The zero-order chi connectivity index (χ0) is 16.9. The van der Waals surface area contributed by atoms with Crippen molar-refractivity contribution in [2.75, 3.05) is 25.2 Å². The number of hydrogen-bond donors (Lipinski definition) is 1. The fraction of sp³-hybridized carbons (Fsp3) is 0.533. The summed E-state index contributed by atoms with van der Waals surface area (Å²) in [6.45, 7) is 6.05. The van der Waals surface area contributed by atoms with E-state index in [0.29, 0.717) is 5.69 Å². The van der Waals surface area contributed by atoms with Crippen molar-refractivity contribution in [1.82, 2.24) is 4.31 Å². The van der Waals surface area contributed by atoms with Crippen LogP contribution in [0.15, 0.2) is 29.2 Å². The molecule has 1 aromatic rings. The van der Waals surface area contributed by atoms with Crippen LogP contribution in [0.4, 0.5) is 5.69 Å². The normalized spacial score (nSPS) is 13.4. The second-order valence-electron chi connectivity index (χ2n) is 5.42. The second kappa shape index (κ2) is 7.99. The van der Waals surface area contributed by atoms with Crippen LogP contribution in [-0.4, -0.2) is 43.7 Å². The van der Waals surface area contributed by atoms with E-state index in [2.05, 4.69) is 5.32 Å². The highest BCUT2D eigenvalue weighted by Crippen LogP contribution is 2.22. The van der Waals surface area contributed by atoms with E-state index in [1.807, 2.05) is 20.8 Å². The average molecular weight is 345 g/mol. The number of nitrogens with zero attached hydrogens (tertiary/aromatic N) is 1. The molecular formula is C15H24N2O3S2. The molecule has 1 atom stereocenters. The molecule has 0 aliphatic rings. The monoisotopic (exact) mass is 344 g/mol. The Kier molecular flexibility index (Phi) is 6.90. The van der Waals surface area contributed by atoms with Crippen LogP contribution in [0.3, 0.4) is 0 Å². The fourth-order valence-corrected chi connectivity index (χ4v) is 3.74. The molecule has 1 unspecified atom stereocenters. The number of carbonyl (C=O) groups is 1. The van der Waals surface area contributed by atoms with E-state index in [1.54, 1.807) is 23.9 Å². The maximum Gasteiger partial charge on any atom is 0.242 e. The van der Waals surface area contributed by atoms with E-state index in [0.717, 1.165) is 10.1 Å². The molecule has 0 aliphatic heterocycles. The summed E-state index contributed by atoms with van der Waals surface area (Å²) in [6.07, 6.45) is 0. The van der Waals surface area contributed by atoms with Gasteiger partial charge in [-0.25, -0.2) is 12.7 Å². The molecule has 22 heavy (non-hydrogen) atoms. The molecule has 1 N–H and O–H groups in total. The van der Waals surface area contributed by atoms with Gasteiger partial charge in [-0.2, -0.15) is 0 Å². The summed E-state index contributed by atoms with van der Waals surface area (Å²) < 4.78 is 25.1. The van der Waals surface area contributed by atoms with Gasteiger partial charge >= 0.3 is 0 Å². The highest BCUT2D eigenvalue weighted by molar-refractivity contribution is 8.00. The lowest BCUT2D eigenvalue weighted by atomic mass is 10.1. The zero-order valence-corrected chi connectivity index (χ0v) is 15.3. The summed E-state index contributed by atoms with van der Waals surface area (Å²) in [5.41, 5.74) is 0.602. The SMILES string of the molecule is CCSC(C(=O)Nc1ccc(S(=O)(=O)N(C)C)cc1)C(C)C. The minimum absolute atomic E-state index is 0.0509. The first kappa shape index (κ1) is 19.0. The number of anilines is 1. The third-order valence-corrected chi connectivity index (χ3v) is 6.39. The molecule has 0 heterocycles. The Bertz CT molecular complexity index is 596. The minimum Gasteiger partial charge on any atom is -0.325 e. The quantitative estimate of drug-likeness (QED) is 0.826. The van der Waals surface area contributed by atoms with Crippen molar-refractivity contribution in [2.24, 2.45) is 5.92 Å². The van der Waals surface area contributed by atoms with Crippen LogP contribution in [0.5, 0.6) is 0 Å². The lowest BCUT2D eigenvalue weighted by Gasteiger charge is -2.19. The molecular weight excluding hydrogens is 320 g/mol. The molecule has 0 bridgehead atoms. The molecule has 0 fully saturated rings. The van der Waals surface area contributed by atoms with Crippen LogP contribution in [-0.2, 0) is 14.8 Å². The molecule has 0 spiro atoms. The topological polar surface area (TPSA) is 66.5 Å². The highest BCUT2D eigenvalue weighted by atomic mass is 32.2. The number of hydrogen-bond acceptors (Lipinski definition) is 4. The van der Waals surface area contributed by atoms with Gasteiger partial charge in [-0.1, -0.05) is 20.8 Å². The highest BCUT2D eigenvalue weighted by Gasteiger charge is 2.22. The van der Waals surface area contributed by atoms with Gasteiger partial charge in [0.25, 0.3) is 0 Å². The third-order valence-electron chi connectivity index (χ3n) is 3.11. The number of nitrogens with one attached hydrogen (secondary N) is 1. The van der Waals surface area contributed by atoms with Crippen LogP contribution in [0, 0.1) is 5.92 Å². The van der Waals surface area contributed by atoms with Gasteiger partial charge < -0.3 is 5.32 Å². The zero-order valence-electron chi connectivity index (χ0n) is 13.7. The average Bonchev–Trinajstić information content (AvgIpc) is 2.44. The lowest BCUT2D eigenvalue weighted by Crippen LogP contribution is -2.29. The standard InChI is InChI=1S/C15H24N2O3S2/c1-6-21-14(11(2)3)15(18)16-12-7-9-13(10-8-12)22(19,20)17(4)5/h7-11,14H,6H2,1-5H3,(H,16,18). The van der Waals surface area contributed by atoms with Gasteiger partial charge in [0.1, 0.15) is 0 Å². The minimum atomic E-state index is -3.44. The maximum atomic E-state index is 12.3. The first-order chi connectivity index (χ1) is 10.2. The van der Waals surface area contributed by atoms with Crippen LogP contribution >= 0.6 is 11.8 Å². The predicted molar refractivity (Wildman–Crippen MR) is 92.7 cm³/mol. The van der Waals surface area contributed by atoms with Crippen molar-refractivity contribution in [3.8, 4) is 0 Å². The Morgan fingerprint density at radius 1 is 1.23 bits per heavy atom. The van der Waals surface area contributed by atoms with Crippen molar-refractivity contribution in [3.05, 3.63) is 24.3 Å². The van der Waals surface area contributed by atoms with Crippen molar-refractivity contribution in [1.29, 1.82) is 0 Å². The van der Waals surface area contributed by atoms with Gasteiger partial charge in [-0.05, 0) is 35.9 Å². The summed E-state index contributed by atoms with van der Waals surface area (Å²) in [4.78, 5) is 12.5. The smallest absolute Gasteiger partial charge is 0.242 e. The molecule has 0 saturated carbocycles.